The number of nitrogens with zero attached hydrogens (tertiary/aromatic N) is 1. The summed E-state index contributed by atoms with van der Waals surface area (Å²) >= 11 is 5.75. The number of hydrogen-bond acceptors (Lipinski definition) is 2. The molecule has 0 aromatic heterocycles. The van der Waals surface area contributed by atoms with Crippen LogP contribution in [0.15, 0.2) is 18.2 Å². The second-order valence-electron chi connectivity index (χ2n) is 2.73. The summed E-state index contributed by atoms with van der Waals surface area (Å²) in [6, 6.07) is 7.37. The Bertz CT molecular complexity index is 328. The van der Waals surface area contributed by atoms with E-state index in [2.05, 4.69) is 18.3 Å². The summed E-state index contributed by atoms with van der Waals surface area (Å²) in [5.74, 6) is 0. The van der Waals surface area contributed by atoms with Gasteiger partial charge in [0.25, 0.3) is 0 Å². The van der Waals surface area contributed by atoms with Crippen LogP contribution in [-0.4, -0.2) is 6.54 Å². The smallest absolute Gasteiger partial charge is 0.101 e. The SMILES string of the molecule is CCCNc1ccc(Cl)cc1C#N. The van der Waals surface area contributed by atoms with E-state index >= 15 is 0 Å². The third-order valence-corrected chi connectivity index (χ3v) is 1.90. The lowest BCUT2D eigenvalue weighted by atomic mass is 10.2. The Balaban J connectivity index is 2.88. The van der Waals surface area contributed by atoms with Crippen LogP contribution in [-0.2, 0) is 0 Å². The average Bonchev–Trinajstić information content (AvgIpc) is 2.16. The standard InChI is InChI=1S/C10H11ClN2/c1-2-5-13-10-4-3-9(11)6-8(10)7-12/h3-4,6,13H,2,5H2,1H3. The molecular weight excluding hydrogens is 184 g/mol. The number of benzene rings is 1. The van der Waals surface area contributed by atoms with Crippen molar-refractivity contribution in [3.63, 3.8) is 0 Å². The van der Waals surface area contributed by atoms with Crippen LogP contribution >= 0.6 is 11.6 Å². The van der Waals surface area contributed by atoms with E-state index in [0.29, 0.717) is 10.6 Å². The summed E-state index contributed by atoms with van der Waals surface area (Å²) in [6.45, 7) is 2.95. The van der Waals surface area contributed by atoms with Gasteiger partial charge in [-0.3, -0.25) is 0 Å². The van der Waals surface area contributed by atoms with Gasteiger partial charge in [-0.1, -0.05) is 18.5 Å². The molecule has 0 aliphatic carbocycles. The molecule has 3 heteroatoms. The van der Waals surface area contributed by atoms with E-state index in [1.165, 1.54) is 0 Å². The summed E-state index contributed by atoms with van der Waals surface area (Å²) in [5, 5.41) is 12.5. The predicted octanol–water partition coefficient (Wildman–Crippen LogP) is 3.03. The van der Waals surface area contributed by atoms with E-state index in [0.717, 1.165) is 18.7 Å². The molecule has 13 heavy (non-hydrogen) atoms. The number of rotatable bonds is 3. The molecule has 0 aliphatic rings. The van der Waals surface area contributed by atoms with Crippen molar-refractivity contribution in [3.8, 4) is 6.07 Å². The lowest BCUT2D eigenvalue weighted by Crippen LogP contribution is -2.01. The number of nitrogens with one attached hydrogen (secondary N) is 1. The number of nitriles is 1. The minimum Gasteiger partial charge on any atom is -0.384 e. The van der Waals surface area contributed by atoms with Crippen LogP contribution in [0.4, 0.5) is 5.69 Å². The first kappa shape index (κ1) is 9.88. The van der Waals surface area contributed by atoms with Crippen molar-refractivity contribution < 1.29 is 0 Å². The third-order valence-electron chi connectivity index (χ3n) is 1.67. The Morgan fingerprint density at radius 1 is 1.54 bits per heavy atom. The van der Waals surface area contributed by atoms with Gasteiger partial charge in [-0.05, 0) is 24.6 Å². The zero-order chi connectivity index (χ0) is 9.68. The van der Waals surface area contributed by atoms with Gasteiger partial charge in [-0.15, -0.1) is 0 Å². The average molecular weight is 195 g/mol. The molecule has 0 saturated heterocycles. The molecule has 1 N–H and O–H groups in total. The summed E-state index contributed by atoms with van der Waals surface area (Å²) in [4.78, 5) is 0. The van der Waals surface area contributed by atoms with E-state index in [4.69, 9.17) is 16.9 Å². The van der Waals surface area contributed by atoms with Crippen LogP contribution in [0.3, 0.4) is 0 Å². The first-order valence-corrected chi connectivity index (χ1v) is 4.59. The maximum absolute atomic E-state index is 8.79. The van der Waals surface area contributed by atoms with Gasteiger partial charge >= 0.3 is 0 Å². The predicted molar refractivity (Wildman–Crippen MR) is 54.9 cm³/mol. The Labute approximate surface area is 83.1 Å². The molecule has 0 radical (unpaired) electrons. The fourth-order valence-electron chi connectivity index (χ4n) is 1.02. The Kier molecular flexibility index (Phi) is 3.60. The second-order valence-corrected chi connectivity index (χ2v) is 3.16. The van der Waals surface area contributed by atoms with Gasteiger partial charge in [-0.25, -0.2) is 0 Å². The molecule has 0 unspecified atom stereocenters. The molecule has 0 atom stereocenters. The fraction of sp³-hybridized carbons (Fsp3) is 0.300. The van der Waals surface area contributed by atoms with E-state index in [1.54, 1.807) is 12.1 Å². The third kappa shape index (κ3) is 2.64. The second kappa shape index (κ2) is 4.74. The number of halogens is 1. The van der Waals surface area contributed by atoms with Gasteiger partial charge in [0.15, 0.2) is 0 Å². The summed E-state index contributed by atoms with van der Waals surface area (Å²) in [7, 11) is 0. The van der Waals surface area contributed by atoms with Crippen molar-refractivity contribution in [1.29, 1.82) is 5.26 Å². The van der Waals surface area contributed by atoms with Gasteiger partial charge in [0.2, 0.25) is 0 Å². The molecule has 1 rings (SSSR count). The maximum Gasteiger partial charge on any atom is 0.101 e. The van der Waals surface area contributed by atoms with Gasteiger partial charge in [0.1, 0.15) is 6.07 Å². The van der Waals surface area contributed by atoms with E-state index in [9.17, 15) is 0 Å². The first-order chi connectivity index (χ1) is 6.27. The summed E-state index contributed by atoms with van der Waals surface area (Å²) in [6.07, 6.45) is 1.04. The highest BCUT2D eigenvalue weighted by atomic mass is 35.5. The molecule has 0 amide bonds. The van der Waals surface area contributed by atoms with E-state index in [-0.39, 0.29) is 0 Å². The molecule has 1 aromatic rings. The van der Waals surface area contributed by atoms with Crippen LogP contribution in [0.5, 0.6) is 0 Å². The van der Waals surface area contributed by atoms with E-state index in [1.807, 2.05) is 6.07 Å². The van der Waals surface area contributed by atoms with Gasteiger partial charge in [0, 0.05) is 11.6 Å². The fourth-order valence-corrected chi connectivity index (χ4v) is 1.19. The molecule has 68 valence electrons. The zero-order valence-corrected chi connectivity index (χ0v) is 8.23. The molecule has 2 nitrogen and oxygen atoms in total. The van der Waals surface area contributed by atoms with Crippen molar-refractivity contribution in [2.24, 2.45) is 0 Å². The molecule has 0 spiro atoms. The van der Waals surface area contributed by atoms with Crippen LogP contribution in [0.2, 0.25) is 5.02 Å². The highest BCUT2D eigenvalue weighted by Crippen LogP contribution is 2.19. The van der Waals surface area contributed by atoms with Crippen molar-refractivity contribution in [2.75, 3.05) is 11.9 Å². The minimum absolute atomic E-state index is 0.596. The lowest BCUT2D eigenvalue weighted by molar-refractivity contribution is 0.979. The normalized spacial score (nSPS) is 9.31. The molecule has 0 heterocycles. The number of hydrogen-bond donors (Lipinski definition) is 1. The first-order valence-electron chi connectivity index (χ1n) is 4.21. The van der Waals surface area contributed by atoms with Crippen molar-refractivity contribution in [1.82, 2.24) is 0 Å². The molecule has 0 bridgehead atoms. The van der Waals surface area contributed by atoms with Crippen molar-refractivity contribution >= 4 is 17.3 Å². The Morgan fingerprint density at radius 3 is 2.92 bits per heavy atom. The zero-order valence-electron chi connectivity index (χ0n) is 7.47. The Morgan fingerprint density at radius 2 is 2.31 bits per heavy atom. The monoisotopic (exact) mass is 194 g/mol. The molecule has 1 aromatic carbocycles. The lowest BCUT2D eigenvalue weighted by Gasteiger charge is -2.06. The topological polar surface area (TPSA) is 35.8 Å². The summed E-state index contributed by atoms with van der Waals surface area (Å²) in [5.41, 5.74) is 1.45. The van der Waals surface area contributed by atoms with E-state index < -0.39 is 0 Å². The Hall–Kier alpha value is -1.20. The molecular formula is C10H11ClN2. The number of anilines is 1. The minimum atomic E-state index is 0.596. The highest BCUT2D eigenvalue weighted by molar-refractivity contribution is 6.30. The van der Waals surface area contributed by atoms with Crippen LogP contribution in [0.25, 0.3) is 0 Å². The molecule has 0 fully saturated rings. The largest absolute Gasteiger partial charge is 0.384 e. The van der Waals surface area contributed by atoms with Crippen molar-refractivity contribution in [2.45, 2.75) is 13.3 Å². The van der Waals surface area contributed by atoms with Gasteiger partial charge < -0.3 is 5.32 Å². The van der Waals surface area contributed by atoms with Crippen LogP contribution < -0.4 is 5.32 Å². The summed E-state index contributed by atoms with van der Waals surface area (Å²) < 4.78 is 0. The highest BCUT2D eigenvalue weighted by Gasteiger charge is 2.00. The van der Waals surface area contributed by atoms with Crippen LogP contribution in [0.1, 0.15) is 18.9 Å². The maximum atomic E-state index is 8.79. The van der Waals surface area contributed by atoms with Gasteiger partial charge in [-0.2, -0.15) is 5.26 Å². The van der Waals surface area contributed by atoms with Crippen molar-refractivity contribution in [3.05, 3.63) is 28.8 Å². The van der Waals surface area contributed by atoms with Crippen LogP contribution in [0, 0.1) is 11.3 Å². The van der Waals surface area contributed by atoms with Gasteiger partial charge in [0.05, 0.1) is 11.3 Å². The molecule has 0 saturated carbocycles. The molecule has 0 aliphatic heterocycles. The quantitative estimate of drug-likeness (QED) is 0.803.